The third-order valence-electron chi connectivity index (χ3n) is 2.53. The monoisotopic (exact) mass is 215 g/mol. The minimum Gasteiger partial charge on any atom is -0.494 e. The van der Waals surface area contributed by atoms with Crippen molar-refractivity contribution < 1.29 is 9.53 Å². The second-order valence-electron chi connectivity index (χ2n) is 3.53. The SMILES string of the molecule is CCC(=O)c1cc(OC)c2ncccc2c1. The zero-order valence-corrected chi connectivity index (χ0v) is 9.36. The Hall–Kier alpha value is -1.90. The molecular formula is C13H13NO2. The van der Waals surface area contributed by atoms with Crippen LogP contribution in [0.15, 0.2) is 30.5 Å². The fraction of sp³-hybridized carbons (Fsp3) is 0.231. The van der Waals surface area contributed by atoms with Crippen LogP contribution in [0.5, 0.6) is 5.75 Å². The zero-order valence-electron chi connectivity index (χ0n) is 9.36. The van der Waals surface area contributed by atoms with Crippen LogP contribution >= 0.6 is 0 Å². The predicted octanol–water partition coefficient (Wildman–Crippen LogP) is 2.84. The standard InChI is InChI=1S/C13H13NO2/c1-3-11(15)10-7-9-5-4-6-14-13(9)12(8-10)16-2/h4-8H,3H2,1-2H3. The number of benzene rings is 1. The Labute approximate surface area is 94.1 Å². The molecule has 0 aliphatic carbocycles. The summed E-state index contributed by atoms with van der Waals surface area (Å²) in [5, 5.41) is 0.929. The van der Waals surface area contributed by atoms with E-state index in [0.717, 1.165) is 10.9 Å². The second kappa shape index (κ2) is 4.31. The lowest BCUT2D eigenvalue weighted by atomic mass is 10.1. The molecule has 2 aromatic rings. The summed E-state index contributed by atoms with van der Waals surface area (Å²) < 4.78 is 5.25. The Balaban J connectivity index is 2.68. The van der Waals surface area contributed by atoms with Gasteiger partial charge in [-0.2, -0.15) is 0 Å². The molecule has 0 aliphatic rings. The van der Waals surface area contributed by atoms with E-state index in [1.807, 2.05) is 25.1 Å². The number of pyridine rings is 1. The molecule has 1 aromatic heterocycles. The maximum absolute atomic E-state index is 11.6. The summed E-state index contributed by atoms with van der Waals surface area (Å²) in [6, 6.07) is 7.39. The Kier molecular flexibility index (Phi) is 2.86. The summed E-state index contributed by atoms with van der Waals surface area (Å²) in [5.74, 6) is 0.763. The second-order valence-corrected chi connectivity index (χ2v) is 3.53. The summed E-state index contributed by atoms with van der Waals surface area (Å²) >= 11 is 0. The summed E-state index contributed by atoms with van der Waals surface area (Å²) in [6.45, 7) is 1.85. The lowest BCUT2D eigenvalue weighted by Crippen LogP contribution is -1.98. The van der Waals surface area contributed by atoms with Gasteiger partial charge in [0.25, 0.3) is 0 Å². The molecule has 0 atom stereocenters. The lowest BCUT2D eigenvalue weighted by Gasteiger charge is -2.07. The smallest absolute Gasteiger partial charge is 0.162 e. The number of fused-ring (bicyclic) bond motifs is 1. The maximum Gasteiger partial charge on any atom is 0.162 e. The molecule has 0 N–H and O–H groups in total. The van der Waals surface area contributed by atoms with Crippen molar-refractivity contribution in [2.45, 2.75) is 13.3 Å². The number of methoxy groups -OCH3 is 1. The average molecular weight is 215 g/mol. The minimum absolute atomic E-state index is 0.115. The van der Waals surface area contributed by atoms with Crippen LogP contribution in [0.4, 0.5) is 0 Å². The molecule has 0 bridgehead atoms. The zero-order chi connectivity index (χ0) is 11.5. The number of nitrogens with zero attached hydrogens (tertiary/aromatic N) is 1. The molecule has 1 aromatic carbocycles. The molecule has 1 heterocycles. The predicted molar refractivity (Wildman–Crippen MR) is 62.9 cm³/mol. The largest absolute Gasteiger partial charge is 0.494 e. The van der Waals surface area contributed by atoms with E-state index in [-0.39, 0.29) is 5.78 Å². The minimum atomic E-state index is 0.115. The van der Waals surface area contributed by atoms with Gasteiger partial charge in [-0.15, -0.1) is 0 Å². The van der Waals surface area contributed by atoms with Crippen LogP contribution < -0.4 is 4.74 Å². The number of hydrogen-bond acceptors (Lipinski definition) is 3. The van der Waals surface area contributed by atoms with Crippen molar-refractivity contribution >= 4 is 16.7 Å². The van der Waals surface area contributed by atoms with Crippen LogP contribution in [0, 0.1) is 0 Å². The van der Waals surface area contributed by atoms with Crippen molar-refractivity contribution in [3.05, 3.63) is 36.0 Å². The van der Waals surface area contributed by atoms with E-state index in [0.29, 0.717) is 17.7 Å². The molecule has 0 saturated carbocycles. The number of carbonyl (C=O) groups is 1. The molecule has 82 valence electrons. The maximum atomic E-state index is 11.6. The average Bonchev–Trinajstić information content (AvgIpc) is 2.36. The Morgan fingerprint density at radius 3 is 2.94 bits per heavy atom. The Morgan fingerprint density at radius 2 is 2.25 bits per heavy atom. The molecule has 0 fully saturated rings. The third kappa shape index (κ3) is 1.76. The summed E-state index contributed by atoms with van der Waals surface area (Å²) in [5.41, 5.74) is 1.47. The molecule has 16 heavy (non-hydrogen) atoms. The van der Waals surface area contributed by atoms with Gasteiger partial charge in [0.15, 0.2) is 5.78 Å². The van der Waals surface area contributed by atoms with E-state index in [4.69, 9.17) is 4.74 Å². The van der Waals surface area contributed by atoms with Gasteiger partial charge in [0, 0.05) is 23.6 Å². The van der Waals surface area contributed by atoms with Gasteiger partial charge in [-0.05, 0) is 18.2 Å². The van der Waals surface area contributed by atoms with Crippen molar-refractivity contribution in [1.29, 1.82) is 0 Å². The van der Waals surface area contributed by atoms with E-state index in [2.05, 4.69) is 4.98 Å². The summed E-state index contributed by atoms with van der Waals surface area (Å²) in [4.78, 5) is 15.9. The van der Waals surface area contributed by atoms with E-state index in [9.17, 15) is 4.79 Å². The topological polar surface area (TPSA) is 39.2 Å². The Bertz CT molecular complexity index is 534. The first kappa shape index (κ1) is 10.6. The molecular weight excluding hydrogens is 202 g/mol. The van der Waals surface area contributed by atoms with Crippen LogP contribution in [-0.4, -0.2) is 17.9 Å². The van der Waals surface area contributed by atoms with Gasteiger partial charge in [-0.25, -0.2) is 0 Å². The van der Waals surface area contributed by atoms with Crippen molar-refractivity contribution in [2.75, 3.05) is 7.11 Å². The van der Waals surface area contributed by atoms with Crippen molar-refractivity contribution in [1.82, 2.24) is 4.98 Å². The third-order valence-corrected chi connectivity index (χ3v) is 2.53. The van der Waals surface area contributed by atoms with Crippen LogP contribution in [0.1, 0.15) is 23.7 Å². The highest BCUT2D eigenvalue weighted by Gasteiger charge is 2.09. The highest BCUT2D eigenvalue weighted by atomic mass is 16.5. The normalized spacial score (nSPS) is 10.4. The van der Waals surface area contributed by atoms with Gasteiger partial charge >= 0.3 is 0 Å². The van der Waals surface area contributed by atoms with Gasteiger partial charge in [0.2, 0.25) is 0 Å². The number of rotatable bonds is 3. The first-order valence-corrected chi connectivity index (χ1v) is 5.22. The van der Waals surface area contributed by atoms with E-state index in [1.54, 1.807) is 19.4 Å². The molecule has 3 nitrogen and oxygen atoms in total. The van der Waals surface area contributed by atoms with E-state index >= 15 is 0 Å². The fourth-order valence-electron chi connectivity index (χ4n) is 1.68. The van der Waals surface area contributed by atoms with Gasteiger partial charge in [-0.3, -0.25) is 9.78 Å². The molecule has 0 radical (unpaired) electrons. The highest BCUT2D eigenvalue weighted by Crippen LogP contribution is 2.25. The van der Waals surface area contributed by atoms with Crippen molar-refractivity contribution in [2.24, 2.45) is 0 Å². The molecule has 0 spiro atoms. The van der Waals surface area contributed by atoms with E-state index < -0.39 is 0 Å². The van der Waals surface area contributed by atoms with E-state index in [1.165, 1.54) is 0 Å². The molecule has 0 saturated heterocycles. The summed E-state index contributed by atoms with van der Waals surface area (Å²) in [6.07, 6.45) is 2.21. The van der Waals surface area contributed by atoms with Crippen LogP contribution in [0.25, 0.3) is 10.9 Å². The van der Waals surface area contributed by atoms with Crippen molar-refractivity contribution in [3.8, 4) is 5.75 Å². The number of ether oxygens (including phenoxy) is 1. The van der Waals surface area contributed by atoms with Crippen molar-refractivity contribution in [3.63, 3.8) is 0 Å². The molecule has 3 heteroatoms. The van der Waals surface area contributed by atoms with Gasteiger partial charge in [0.05, 0.1) is 7.11 Å². The van der Waals surface area contributed by atoms with Crippen LogP contribution in [0.2, 0.25) is 0 Å². The molecule has 2 rings (SSSR count). The van der Waals surface area contributed by atoms with Gasteiger partial charge < -0.3 is 4.74 Å². The first-order valence-electron chi connectivity index (χ1n) is 5.22. The number of Topliss-reactive ketones (excluding diaryl/α,β-unsaturated/α-hetero) is 1. The van der Waals surface area contributed by atoms with Gasteiger partial charge in [0.1, 0.15) is 11.3 Å². The summed E-state index contributed by atoms with van der Waals surface area (Å²) in [7, 11) is 1.59. The quantitative estimate of drug-likeness (QED) is 0.739. The van der Waals surface area contributed by atoms with Crippen LogP contribution in [0.3, 0.4) is 0 Å². The molecule has 0 aliphatic heterocycles. The molecule has 0 unspecified atom stereocenters. The fourth-order valence-corrected chi connectivity index (χ4v) is 1.68. The number of carbonyl (C=O) groups excluding carboxylic acids is 1. The Morgan fingerprint density at radius 1 is 1.44 bits per heavy atom. The van der Waals surface area contributed by atoms with Gasteiger partial charge in [-0.1, -0.05) is 13.0 Å². The highest BCUT2D eigenvalue weighted by molar-refractivity contribution is 6.00. The first-order chi connectivity index (χ1) is 7.76. The number of ketones is 1. The molecule has 0 amide bonds. The number of hydrogen-bond donors (Lipinski definition) is 0. The lowest BCUT2D eigenvalue weighted by molar-refractivity contribution is 0.0988. The van der Waals surface area contributed by atoms with Crippen LogP contribution in [-0.2, 0) is 0 Å². The number of aromatic nitrogens is 1.